The first kappa shape index (κ1) is 14.0. The second-order valence-corrected chi connectivity index (χ2v) is 5.90. The number of hydrazine groups is 4. The van der Waals surface area contributed by atoms with Gasteiger partial charge in [-0.1, -0.05) is 0 Å². The molecule has 12 nitrogen and oxygen atoms in total. The molecule has 0 aromatic carbocycles. The van der Waals surface area contributed by atoms with Crippen LogP contribution in [0.25, 0.3) is 0 Å². The molecule has 1 radical (unpaired) electrons. The summed E-state index contributed by atoms with van der Waals surface area (Å²) in [4.78, 5) is 8.21. The van der Waals surface area contributed by atoms with Crippen LogP contribution in [0.1, 0.15) is 0 Å². The van der Waals surface area contributed by atoms with Crippen LogP contribution in [0.2, 0.25) is 0 Å². The van der Waals surface area contributed by atoms with E-state index in [9.17, 15) is 0 Å². The van der Waals surface area contributed by atoms with Gasteiger partial charge in [-0.2, -0.15) is 10.1 Å². The summed E-state index contributed by atoms with van der Waals surface area (Å²) in [6.45, 7) is 0.741. The summed E-state index contributed by atoms with van der Waals surface area (Å²) in [5, 5.41) is 26.0. The van der Waals surface area contributed by atoms with Gasteiger partial charge < -0.3 is 0 Å². The molecule has 6 aliphatic heterocycles. The number of allylic oxidation sites excluding steroid dienone is 3. The summed E-state index contributed by atoms with van der Waals surface area (Å²) < 4.78 is 0. The van der Waals surface area contributed by atoms with Gasteiger partial charge in [-0.25, -0.2) is 4.99 Å². The van der Waals surface area contributed by atoms with Crippen LogP contribution in [0.5, 0.6) is 0 Å². The fourth-order valence-electron chi connectivity index (χ4n) is 3.15. The number of nitrogens with zero attached hydrogens (tertiary/aromatic N) is 12. The van der Waals surface area contributed by atoms with Crippen LogP contribution in [-0.2, 0) is 0 Å². The lowest BCUT2D eigenvalue weighted by Gasteiger charge is -2.36. The number of guanidine groups is 1. The maximum Gasteiger partial charge on any atom is 0.359 e. The van der Waals surface area contributed by atoms with Crippen molar-refractivity contribution in [2.45, 2.75) is 0 Å². The molecule has 0 spiro atoms. The molecule has 0 fully saturated rings. The molecule has 0 amide bonds. The van der Waals surface area contributed by atoms with Gasteiger partial charge in [0.05, 0.1) is 10.2 Å². The first-order valence-corrected chi connectivity index (χ1v) is 8.26. The third kappa shape index (κ3) is 1.91. The summed E-state index contributed by atoms with van der Waals surface area (Å²) in [5.74, 6) is 2.26. The largest absolute Gasteiger partial charge is 0.359 e. The first-order valence-electron chi connectivity index (χ1n) is 8.26. The van der Waals surface area contributed by atoms with Gasteiger partial charge >= 0.3 is 12.2 Å². The number of hydrogen-bond donors (Lipinski definition) is 0. The molecule has 6 rings (SSSR count). The maximum absolute atomic E-state index is 4.53. The van der Waals surface area contributed by atoms with Gasteiger partial charge in [0, 0.05) is 40.0 Å². The monoisotopic (exact) mass is 361 g/mol. The molecule has 12 heteroatoms. The van der Waals surface area contributed by atoms with E-state index in [0.29, 0.717) is 0 Å². The average molecular weight is 361 g/mol. The summed E-state index contributed by atoms with van der Waals surface area (Å²) >= 11 is 0. The summed E-state index contributed by atoms with van der Waals surface area (Å²) in [6.07, 6.45) is 20.3. The molecule has 6 aliphatic rings. The third-order valence-electron chi connectivity index (χ3n) is 4.36. The quantitative estimate of drug-likeness (QED) is 0.585. The molecule has 27 heavy (non-hydrogen) atoms. The molecule has 0 bridgehead atoms. The maximum atomic E-state index is 4.53. The average Bonchev–Trinajstić information content (AvgIpc) is 3.44. The van der Waals surface area contributed by atoms with Crippen molar-refractivity contribution in [1.82, 2.24) is 35.4 Å². The van der Waals surface area contributed by atoms with Crippen LogP contribution < -0.4 is 5.10 Å². The Labute approximate surface area is 153 Å². The highest BCUT2D eigenvalue weighted by molar-refractivity contribution is 6.03. The van der Waals surface area contributed by atoms with Gasteiger partial charge in [-0.05, 0) is 29.3 Å². The number of amidine groups is 1. The van der Waals surface area contributed by atoms with E-state index in [2.05, 4.69) is 25.4 Å². The highest BCUT2D eigenvalue weighted by Gasteiger charge is 2.46. The van der Waals surface area contributed by atoms with Crippen molar-refractivity contribution in [3.63, 3.8) is 0 Å². The number of fused-ring (bicyclic) bond motifs is 3. The lowest BCUT2D eigenvalue weighted by atomic mass is 10.4. The topological polar surface area (TPSA) is 86.0 Å². The fraction of sp³-hybridized carbons (Fsp3) is 0.0667. The van der Waals surface area contributed by atoms with Crippen LogP contribution in [0.3, 0.4) is 0 Å². The molecule has 6 heterocycles. The summed E-state index contributed by atoms with van der Waals surface area (Å²) in [6, 6.07) is 0. The van der Waals surface area contributed by atoms with E-state index in [0.717, 1.165) is 24.2 Å². The Morgan fingerprint density at radius 3 is 3.15 bits per heavy atom. The molecule has 0 saturated heterocycles. The molecule has 0 aromatic heterocycles. The van der Waals surface area contributed by atoms with Crippen molar-refractivity contribution in [3.8, 4) is 0 Å². The van der Waals surface area contributed by atoms with Gasteiger partial charge in [0.25, 0.3) is 12.3 Å². The summed E-state index contributed by atoms with van der Waals surface area (Å²) in [7, 11) is 0. The second-order valence-electron chi connectivity index (χ2n) is 5.90. The van der Waals surface area contributed by atoms with Gasteiger partial charge in [0.2, 0.25) is 5.82 Å². The van der Waals surface area contributed by atoms with Crippen LogP contribution in [-0.4, -0.2) is 78.6 Å². The SMILES string of the molecule is C1=CC2=N[N+]=CN2[N+](N2N=CN3C2=CC=CN3N2N=CN3CC=CN=C32)=C1. The van der Waals surface area contributed by atoms with Gasteiger partial charge in [0.1, 0.15) is 6.34 Å². The molecule has 131 valence electrons. The van der Waals surface area contributed by atoms with E-state index >= 15 is 0 Å². The molecular weight excluding hydrogens is 348 g/mol. The molecule has 0 N–H and O–H groups in total. The highest BCUT2D eigenvalue weighted by atomic mass is 16.0. The predicted octanol–water partition coefficient (Wildman–Crippen LogP) is -1.03. The normalized spacial score (nSPS) is 23.7. The van der Waals surface area contributed by atoms with Crippen LogP contribution in [0.4, 0.5) is 0 Å². The van der Waals surface area contributed by atoms with E-state index in [1.54, 1.807) is 40.5 Å². The molecule has 0 aromatic rings. The van der Waals surface area contributed by atoms with E-state index in [1.807, 2.05) is 62.6 Å². The third-order valence-corrected chi connectivity index (χ3v) is 4.36. The fourth-order valence-corrected chi connectivity index (χ4v) is 3.15. The van der Waals surface area contributed by atoms with Crippen molar-refractivity contribution < 1.29 is 4.79 Å². The van der Waals surface area contributed by atoms with Crippen LogP contribution in [0.15, 0.2) is 68.9 Å². The lowest BCUT2D eigenvalue weighted by Crippen LogP contribution is -2.53. The van der Waals surface area contributed by atoms with Crippen LogP contribution >= 0.6 is 0 Å². The second kappa shape index (κ2) is 5.14. The lowest BCUT2D eigenvalue weighted by molar-refractivity contribution is -0.769. The zero-order valence-corrected chi connectivity index (χ0v) is 13.9. The first-order chi connectivity index (χ1) is 13.4. The Morgan fingerprint density at radius 2 is 2.15 bits per heavy atom. The number of aliphatic imine (C=N–C) groups is 1. The zero-order valence-electron chi connectivity index (χ0n) is 13.9. The summed E-state index contributed by atoms with van der Waals surface area (Å²) in [5.41, 5.74) is 0. The van der Waals surface area contributed by atoms with E-state index < -0.39 is 0 Å². The van der Waals surface area contributed by atoms with E-state index in [-0.39, 0.29) is 0 Å². The predicted molar refractivity (Wildman–Crippen MR) is 97.8 cm³/mol. The Hall–Kier alpha value is -4.22. The Balaban J connectivity index is 1.32. The number of rotatable bonds is 2. The van der Waals surface area contributed by atoms with Crippen molar-refractivity contribution in [2.24, 2.45) is 20.3 Å². The van der Waals surface area contributed by atoms with E-state index in [1.165, 1.54) is 0 Å². The Kier molecular flexibility index (Phi) is 2.67. The molecule has 0 aliphatic carbocycles. The minimum absolute atomic E-state index is 0.720. The van der Waals surface area contributed by atoms with Gasteiger partial charge in [-0.15, -0.1) is 10.2 Å². The highest BCUT2D eigenvalue weighted by Crippen LogP contribution is 2.27. The zero-order chi connectivity index (χ0) is 17.8. The molecule has 0 atom stereocenters. The minimum atomic E-state index is 0.720. The van der Waals surface area contributed by atoms with Crippen LogP contribution in [0, 0.1) is 0 Å². The molecule has 0 saturated carbocycles. The molecule has 0 unspecified atom stereocenters. The Bertz CT molecular complexity index is 1010. The van der Waals surface area contributed by atoms with Crippen molar-refractivity contribution in [2.75, 3.05) is 6.54 Å². The van der Waals surface area contributed by atoms with Crippen molar-refractivity contribution in [1.29, 1.82) is 0 Å². The van der Waals surface area contributed by atoms with Crippen molar-refractivity contribution >= 4 is 37.0 Å². The number of hydrogen-bond acceptors (Lipinski definition) is 11. The van der Waals surface area contributed by atoms with Crippen molar-refractivity contribution in [3.05, 3.63) is 48.6 Å². The molecular formula is C15H13N12+2. The van der Waals surface area contributed by atoms with E-state index in [4.69, 9.17) is 0 Å². The van der Waals surface area contributed by atoms with Gasteiger partial charge in [0.15, 0.2) is 6.21 Å². The number of hydrazone groups is 4. The Morgan fingerprint density at radius 1 is 1.15 bits per heavy atom. The van der Waals surface area contributed by atoms with Gasteiger partial charge in [-0.3, -0.25) is 4.90 Å². The standard InChI is InChI=1S/C15H13N12/c1-4-13-20-17-10-22(13)24(8-1)26-14-5-2-9-25(23(14)12-19-26)27-15-16-6-3-7-21(15)11-18-27/h1-6,8-12H,7H2/q+2. The minimum Gasteiger partial charge on any atom is -0.294 e. The smallest absolute Gasteiger partial charge is 0.294 e.